The zero-order valence-electron chi connectivity index (χ0n) is 23.3. The second-order valence-corrected chi connectivity index (χ2v) is 17.6. The van der Waals surface area contributed by atoms with Crippen LogP contribution in [0.2, 0.25) is 23.2 Å². The molecule has 0 spiro atoms. The minimum absolute atomic E-state index is 0.0475. The van der Waals surface area contributed by atoms with Crippen LogP contribution in [-0.2, 0) is 9.53 Å². The van der Waals surface area contributed by atoms with Gasteiger partial charge >= 0.3 is 5.97 Å². The summed E-state index contributed by atoms with van der Waals surface area (Å²) in [6.45, 7) is 20.1. The Bertz CT molecular complexity index is 964. The van der Waals surface area contributed by atoms with Crippen molar-refractivity contribution in [2.24, 2.45) is 5.41 Å². The maximum atomic E-state index is 13.5. The van der Waals surface area contributed by atoms with E-state index in [4.69, 9.17) is 21.1 Å². The average molecular weight is 652 g/mol. The molecule has 1 aromatic rings. The number of Topliss-reactive ketones (excluding diaryl/α,β-unsaturated/α-hetero) is 1. The Morgan fingerprint density at radius 2 is 1.78 bits per heavy atom. The van der Waals surface area contributed by atoms with Gasteiger partial charge < -0.3 is 19.6 Å². The third-order valence-electron chi connectivity index (χ3n) is 6.56. The van der Waals surface area contributed by atoms with E-state index in [-0.39, 0.29) is 45.4 Å². The molecule has 0 aromatic heterocycles. The number of hydrogen-bond acceptors (Lipinski definition) is 6. The lowest BCUT2D eigenvalue weighted by Gasteiger charge is -2.38. The van der Waals surface area contributed by atoms with Crippen LogP contribution in [0.3, 0.4) is 0 Å². The summed E-state index contributed by atoms with van der Waals surface area (Å²) in [7, 11) is -2.37. The first kappa shape index (κ1) is 32.9. The largest absolute Gasteiger partial charge is 0.490 e. The smallest absolute Gasteiger partial charge is 0.343 e. The van der Waals surface area contributed by atoms with Gasteiger partial charge in [-0.3, -0.25) is 4.79 Å². The molecule has 1 atom stereocenters. The maximum absolute atomic E-state index is 13.5. The lowest BCUT2D eigenvalue weighted by Crippen LogP contribution is -2.43. The molecule has 0 unspecified atom stereocenters. The zero-order valence-corrected chi connectivity index (χ0v) is 27.3. The van der Waals surface area contributed by atoms with E-state index in [9.17, 15) is 14.4 Å². The molecule has 2 N–H and O–H groups in total. The summed E-state index contributed by atoms with van der Waals surface area (Å²) >= 11 is 8.55. The Hall–Kier alpha value is -1.10. The summed E-state index contributed by atoms with van der Waals surface area (Å²) in [6, 6.07) is 3.18. The Morgan fingerprint density at radius 1 is 1.19 bits per heavy atom. The Morgan fingerprint density at radius 3 is 2.25 bits per heavy atom. The third-order valence-corrected chi connectivity index (χ3v) is 11.3. The number of hydrogen-bond donors (Lipinski definition) is 2. The standard InChI is InChI=1S/C27H43ClINO5Si/c1-11-34-25(32)19(24(31)18-14-21(29)22(15-20(18)28)35-17(2)3)16-30-23(26(4,5)6)12-13-27(7,8)36(9,10)33/h14-17,23,30,33H,11-13H2,1-10H3/t23-/m1/s1. The quantitative estimate of drug-likeness (QED) is 0.0476. The summed E-state index contributed by atoms with van der Waals surface area (Å²) in [5, 5.41) is 3.34. The van der Waals surface area contributed by atoms with E-state index in [0.717, 1.165) is 16.4 Å². The highest BCUT2D eigenvalue weighted by Crippen LogP contribution is 2.41. The number of carbonyl (C=O) groups is 2. The Kier molecular flexibility index (Phi) is 12.0. The summed E-state index contributed by atoms with van der Waals surface area (Å²) in [5.41, 5.74) is -0.0726. The third kappa shape index (κ3) is 9.33. The maximum Gasteiger partial charge on any atom is 0.343 e. The molecule has 1 aromatic carbocycles. The molecule has 0 fully saturated rings. The zero-order chi connectivity index (χ0) is 28.1. The van der Waals surface area contributed by atoms with Crippen LogP contribution in [-0.4, -0.2) is 43.6 Å². The van der Waals surface area contributed by atoms with Crippen LogP contribution in [0.25, 0.3) is 0 Å². The SMILES string of the molecule is CCOC(=O)C(=CN[C@H](CCC(C)(C)[Si](C)(C)O)C(C)(C)C)C(=O)c1cc(I)c(OC(C)C)cc1Cl. The molecule has 36 heavy (non-hydrogen) atoms. The van der Waals surface area contributed by atoms with Gasteiger partial charge in [0.1, 0.15) is 11.3 Å². The van der Waals surface area contributed by atoms with Crippen molar-refractivity contribution in [1.29, 1.82) is 0 Å². The van der Waals surface area contributed by atoms with Crippen LogP contribution in [0.15, 0.2) is 23.9 Å². The van der Waals surface area contributed by atoms with Gasteiger partial charge in [-0.1, -0.05) is 46.2 Å². The van der Waals surface area contributed by atoms with Gasteiger partial charge in [-0.2, -0.15) is 0 Å². The van der Waals surface area contributed by atoms with Gasteiger partial charge in [0.15, 0.2) is 8.32 Å². The van der Waals surface area contributed by atoms with Crippen molar-refractivity contribution >= 4 is 54.3 Å². The van der Waals surface area contributed by atoms with Crippen LogP contribution < -0.4 is 10.1 Å². The molecular formula is C27H43ClINO5Si. The number of benzene rings is 1. The predicted molar refractivity (Wildman–Crippen MR) is 158 cm³/mol. The van der Waals surface area contributed by atoms with Crippen LogP contribution in [0.4, 0.5) is 0 Å². The molecular weight excluding hydrogens is 609 g/mol. The Balaban J connectivity index is 3.36. The summed E-state index contributed by atoms with van der Waals surface area (Å²) in [4.78, 5) is 37.0. The molecule has 0 aliphatic carbocycles. The number of esters is 1. The molecule has 1 rings (SSSR count). The first-order chi connectivity index (χ1) is 16.3. The lowest BCUT2D eigenvalue weighted by molar-refractivity contribution is -0.138. The van der Waals surface area contributed by atoms with Crippen molar-refractivity contribution in [3.63, 3.8) is 0 Å². The molecule has 0 radical (unpaired) electrons. The Labute approximate surface area is 236 Å². The normalized spacial score (nSPS) is 14.0. The fraction of sp³-hybridized carbons (Fsp3) is 0.630. The van der Waals surface area contributed by atoms with E-state index < -0.39 is 20.1 Å². The second kappa shape index (κ2) is 13.1. The molecule has 0 aliphatic rings. The van der Waals surface area contributed by atoms with Gasteiger partial charge in [0, 0.05) is 23.9 Å². The van der Waals surface area contributed by atoms with Gasteiger partial charge in [-0.15, -0.1) is 0 Å². The van der Waals surface area contributed by atoms with Crippen LogP contribution in [0.5, 0.6) is 5.75 Å². The fourth-order valence-corrected chi connectivity index (χ4v) is 4.97. The minimum atomic E-state index is -2.37. The molecule has 0 aliphatic heterocycles. The fourth-order valence-electron chi connectivity index (χ4n) is 3.38. The van der Waals surface area contributed by atoms with Crippen LogP contribution in [0, 0.1) is 8.99 Å². The molecule has 9 heteroatoms. The molecule has 0 saturated heterocycles. The summed E-state index contributed by atoms with van der Waals surface area (Å²) in [6.07, 6.45) is 2.98. The molecule has 204 valence electrons. The van der Waals surface area contributed by atoms with E-state index in [1.807, 2.05) is 26.9 Å². The number of rotatable bonds is 12. The highest BCUT2D eigenvalue weighted by Gasteiger charge is 2.39. The van der Waals surface area contributed by atoms with E-state index in [1.165, 1.54) is 6.20 Å². The first-order valence-electron chi connectivity index (χ1n) is 12.4. The average Bonchev–Trinajstić information content (AvgIpc) is 2.70. The van der Waals surface area contributed by atoms with Gasteiger partial charge in [0.05, 0.1) is 21.3 Å². The van der Waals surface area contributed by atoms with Gasteiger partial charge in [0.25, 0.3) is 0 Å². The number of ether oxygens (including phenoxy) is 2. The molecule has 0 bridgehead atoms. The summed E-state index contributed by atoms with van der Waals surface area (Å²) < 4.78 is 11.7. The molecule has 0 amide bonds. The second-order valence-electron chi connectivity index (χ2n) is 11.6. The molecule has 6 nitrogen and oxygen atoms in total. The van der Waals surface area contributed by atoms with Crippen molar-refractivity contribution < 1.29 is 23.9 Å². The van der Waals surface area contributed by atoms with Crippen molar-refractivity contribution in [1.82, 2.24) is 5.32 Å². The van der Waals surface area contributed by atoms with Gasteiger partial charge in [0.2, 0.25) is 5.78 Å². The first-order valence-corrected chi connectivity index (χ1v) is 16.8. The minimum Gasteiger partial charge on any atom is -0.490 e. The van der Waals surface area contributed by atoms with E-state index in [0.29, 0.717) is 5.75 Å². The van der Waals surface area contributed by atoms with Crippen molar-refractivity contribution in [3.8, 4) is 5.75 Å². The molecule has 0 saturated carbocycles. The van der Waals surface area contributed by atoms with Crippen LogP contribution in [0.1, 0.15) is 78.6 Å². The number of nitrogens with one attached hydrogen (secondary N) is 1. The van der Waals surface area contributed by atoms with Crippen molar-refractivity contribution in [3.05, 3.63) is 38.1 Å². The predicted octanol–water partition coefficient (Wildman–Crippen LogP) is 7.12. The van der Waals surface area contributed by atoms with E-state index in [1.54, 1.807) is 19.1 Å². The topological polar surface area (TPSA) is 84.9 Å². The van der Waals surface area contributed by atoms with E-state index in [2.05, 4.69) is 62.5 Å². The summed E-state index contributed by atoms with van der Waals surface area (Å²) in [5.74, 6) is -0.643. The monoisotopic (exact) mass is 651 g/mol. The number of carbonyl (C=O) groups excluding carboxylic acids is 2. The van der Waals surface area contributed by atoms with Crippen molar-refractivity contribution in [2.75, 3.05) is 6.61 Å². The van der Waals surface area contributed by atoms with Gasteiger partial charge in [-0.05, 0) is 85.8 Å². The lowest BCUT2D eigenvalue weighted by atomic mass is 9.82. The van der Waals surface area contributed by atoms with E-state index >= 15 is 0 Å². The molecule has 0 heterocycles. The van der Waals surface area contributed by atoms with Gasteiger partial charge in [-0.25, -0.2) is 4.79 Å². The van der Waals surface area contributed by atoms with Crippen molar-refractivity contribution in [2.45, 2.75) is 98.5 Å². The number of halogens is 2. The van der Waals surface area contributed by atoms with Crippen LogP contribution >= 0.6 is 34.2 Å². The highest BCUT2D eigenvalue weighted by molar-refractivity contribution is 14.1. The number of ketones is 1. The highest BCUT2D eigenvalue weighted by atomic mass is 127.